The number of halogens is 4. The number of benzene rings is 2. The topological polar surface area (TPSA) is 221 Å². The summed E-state index contributed by atoms with van der Waals surface area (Å²) in [6.45, 7) is 15.1. The SMILES string of the molecule is C.CC(C)CC(C(=O)O)n1cc(CN2CC(F)(F)C2)ccc1=O.COC(=O)C[C@H](N)c1cncc(-c2c(C)cccc2C)c1.COC(=O)C[C@H](NC(=O)C(CC(C)C)n1cc(CN2CC(F)(F)C2)ccc1=O)c1cncc(-c2c(C)cccc2C)c1. The normalized spacial score (nSPS) is 15.6. The van der Waals surface area contributed by atoms with Gasteiger partial charge in [-0.25, -0.2) is 22.4 Å². The number of rotatable bonds is 21. The number of carbonyl (C=O) groups is 4. The lowest BCUT2D eigenvalue weighted by atomic mass is 9.94. The number of nitrogens with two attached hydrogens (primary N) is 1. The number of alkyl halides is 4. The van der Waals surface area contributed by atoms with Crippen molar-refractivity contribution in [3.05, 3.63) is 175 Å². The second kappa shape index (κ2) is 30.5. The van der Waals surface area contributed by atoms with E-state index in [0.717, 1.165) is 38.9 Å². The molecule has 6 heterocycles. The number of carboxylic acids is 1. The summed E-state index contributed by atoms with van der Waals surface area (Å²) in [6, 6.07) is 18.9. The minimum atomic E-state index is -2.70. The molecule has 2 aromatic carbocycles. The van der Waals surface area contributed by atoms with Gasteiger partial charge in [-0.05, 0) is 120 Å². The first-order valence-corrected chi connectivity index (χ1v) is 28.1. The van der Waals surface area contributed by atoms with Gasteiger partial charge >= 0.3 is 17.9 Å². The zero-order valence-corrected chi connectivity index (χ0v) is 49.9. The number of likely N-dealkylation sites (tertiary alicyclic amines) is 2. The summed E-state index contributed by atoms with van der Waals surface area (Å²) in [5.41, 5.74) is 16.6. The lowest BCUT2D eigenvalue weighted by Gasteiger charge is -2.38. The number of nitrogens with zero attached hydrogens (tertiary/aromatic N) is 6. The molecule has 21 heteroatoms. The number of aromatic nitrogens is 4. The van der Waals surface area contributed by atoms with Gasteiger partial charge in [-0.1, -0.05) is 83.7 Å². The predicted octanol–water partition coefficient (Wildman–Crippen LogP) is 10.5. The number of hydrogen-bond acceptors (Lipinski definition) is 13. The summed E-state index contributed by atoms with van der Waals surface area (Å²) in [7, 11) is 2.65. The van der Waals surface area contributed by atoms with Gasteiger partial charge in [0.25, 0.3) is 23.0 Å². The van der Waals surface area contributed by atoms with E-state index in [1.807, 2.05) is 84.1 Å². The van der Waals surface area contributed by atoms with Gasteiger partial charge in [0, 0.05) is 79.6 Å². The maximum atomic E-state index is 13.9. The second-order valence-electron chi connectivity index (χ2n) is 23.0. The van der Waals surface area contributed by atoms with E-state index in [-0.39, 0.29) is 82.9 Å². The van der Waals surface area contributed by atoms with Gasteiger partial charge in [0.15, 0.2) is 0 Å². The Morgan fingerprint density at radius 1 is 0.616 bits per heavy atom. The molecule has 0 aliphatic carbocycles. The minimum absolute atomic E-state index is 0. The fourth-order valence-corrected chi connectivity index (χ4v) is 10.6. The Morgan fingerprint density at radius 3 is 1.42 bits per heavy atom. The number of amides is 1. The van der Waals surface area contributed by atoms with E-state index in [9.17, 15) is 51.4 Å². The van der Waals surface area contributed by atoms with E-state index in [1.54, 1.807) is 46.7 Å². The lowest BCUT2D eigenvalue weighted by molar-refractivity contribution is -0.142. The third-order valence-corrected chi connectivity index (χ3v) is 14.7. The number of methoxy groups -OCH3 is 2. The Labute approximate surface area is 500 Å². The number of esters is 2. The molecule has 0 saturated carbocycles. The van der Waals surface area contributed by atoms with Crippen LogP contribution in [0.3, 0.4) is 0 Å². The average molecular weight is 1200 g/mol. The molecule has 464 valence electrons. The summed E-state index contributed by atoms with van der Waals surface area (Å²) < 4.78 is 64.5. The highest BCUT2D eigenvalue weighted by Gasteiger charge is 2.44. The summed E-state index contributed by atoms with van der Waals surface area (Å²) in [5.74, 6) is -7.51. The number of carboxylic acid groups (broad SMARTS) is 1. The quantitative estimate of drug-likeness (QED) is 0.0451. The molecule has 86 heavy (non-hydrogen) atoms. The zero-order valence-electron chi connectivity index (χ0n) is 49.9. The maximum absolute atomic E-state index is 13.9. The van der Waals surface area contributed by atoms with Gasteiger partial charge in [-0.3, -0.25) is 43.7 Å². The van der Waals surface area contributed by atoms with Gasteiger partial charge in [0.1, 0.15) is 12.1 Å². The number of hydrogen-bond donors (Lipinski definition) is 3. The fraction of sp³-hybridized carbons (Fsp3) is 0.446. The van der Waals surface area contributed by atoms with Crippen LogP contribution in [0.2, 0.25) is 0 Å². The standard InChI is InChI=1S/C32H38F2N4O4.C17H20N2O2.C15H20F2N2O3.CH4/c1-20(2)11-27(38-17-23(9-10-28(38)39)16-37-18-32(33,34)19-37)31(41)36-26(13-29(40)42-5)24-12-25(15-35-14-24)30-21(3)7-6-8-22(30)4;1-11-5-4-6-12(2)17(11)14-7-13(9-19-10-14)15(18)8-16(20)21-3;1-10(2)5-12(14(21)22)19-7-11(3-4-13(19)20)6-18-8-15(16,17)9-18;/h6-10,12,14-15,17,20,26-27H,11,13,16,18-19H2,1-5H3,(H,36,41);4-7,9-10,15H,8,18H2,1-3H3;3-4,7,10,12H,5-6,8-9H2,1-2H3,(H,21,22);1H4/t26-,27?;15-;;/m00../s1. The van der Waals surface area contributed by atoms with Crippen LogP contribution in [0.15, 0.2) is 120 Å². The van der Waals surface area contributed by atoms with E-state index >= 15 is 0 Å². The van der Waals surface area contributed by atoms with Crippen LogP contribution in [0.25, 0.3) is 22.3 Å². The highest BCUT2D eigenvalue weighted by molar-refractivity contribution is 5.82. The molecule has 0 radical (unpaired) electrons. The molecule has 2 aliphatic rings. The number of aliphatic carboxylic acids is 1. The van der Waals surface area contributed by atoms with E-state index < -0.39 is 59.4 Å². The summed E-state index contributed by atoms with van der Waals surface area (Å²) >= 11 is 0. The minimum Gasteiger partial charge on any atom is -0.480 e. The van der Waals surface area contributed by atoms with Crippen molar-refractivity contribution < 1.29 is 51.3 Å². The van der Waals surface area contributed by atoms with E-state index in [0.29, 0.717) is 29.5 Å². The van der Waals surface area contributed by atoms with Crippen LogP contribution in [0.5, 0.6) is 0 Å². The third-order valence-electron chi connectivity index (χ3n) is 14.7. The molecular weight excluding hydrogens is 1110 g/mol. The Morgan fingerprint density at radius 2 is 1.01 bits per heavy atom. The first kappa shape index (κ1) is 68.9. The van der Waals surface area contributed by atoms with Gasteiger partial charge in [-0.15, -0.1) is 0 Å². The molecule has 17 nitrogen and oxygen atoms in total. The second-order valence-corrected chi connectivity index (χ2v) is 23.0. The van der Waals surface area contributed by atoms with Gasteiger partial charge < -0.3 is 34.8 Å². The van der Waals surface area contributed by atoms with Crippen LogP contribution in [0, 0.1) is 39.5 Å². The molecule has 2 aliphatic heterocycles. The van der Waals surface area contributed by atoms with Crippen LogP contribution in [-0.4, -0.2) is 110 Å². The highest BCUT2D eigenvalue weighted by Crippen LogP contribution is 2.33. The molecule has 1 amide bonds. The molecule has 4 atom stereocenters. The Hall–Kier alpha value is -7.88. The maximum Gasteiger partial charge on any atom is 0.326 e. The molecule has 6 aromatic rings. The van der Waals surface area contributed by atoms with Crippen LogP contribution >= 0.6 is 0 Å². The van der Waals surface area contributed by atoms with E-state index in [1.165, 1.54) is 52.8 Å². The average Bonchev–Trinajstić information content (AvgIpc) is 3.55. The van der Waals surface area contributed by atoms with Gasteiger partial charge in [0.05, 0.1) is 59.3 Å². The van der Waals surface area contributed by atoms with Crippen LogP contribution < -0.4 is 22.2 Å². The van der Waals surface area contributed by atoms with Crippen molar-refractivity contribution in [1.82, 2.24) is 34.2 Å². The van der Waals surface area contributed by atoms with Crippen molar-refractivity contribution in [3.63, 3.8) is 0 Å². The van der Waals surface area contributed by atoms with Crippen molar-refractivity contribution in [3.8, 4) is 22.3 Å². The lowest BCUT2D eigenvalue weighted by Crippen LogP contribution is -2.55. The van der Waals surface area contributed by atoms with Crippen molar-refractivity contribution in [1.29, 1.82) is 0 Å². The largest absolute Gasteiger partial charge is 0.480 e. The Bertz CT molecular complexity index is 3390. The fourth-order valence-electron chi connectivity index (χ4n) is 10.6. The molecule has 2 unspecified atom stereocenters. The third kappa shape index (κ3) is 19.1. The molecule has 4 aromatic heterocycles. The predicted molar refractivity (Wildman–Crippen MR) is 323 cm³/mol. The first-order valence-electron chi connectivity index (χ1n) is 28.1. The molecule has 2 fully saturated rings. The monoisotopic (exact) mass is 1190 g/mol. The number of pyridine rings is 4. The molecule has 4 N–H and O–H groups in total. The summed E-state index contributed by atoms with van der Waals surface area (Å²) in [6.07, 6.45) is 10.6. The van der Waals surface area contributed by atoms with Crippen molar-refractivity contribution in [2.24, 2.45) is 17.6 Å². The molecule has 0 spiro atoms. The van der Waals surface area contributed by atoms with E-state index in [4.69, 9.17) is 10.5 Å². The highest BCUT2D eigenvalue weighted by atomic mass is 19.3. The molecule has 8 rings (SSSR count). The molecule has 0 bridgehead atoms. The van der Waals surface area contributed by atoms with Crippen LogP contribution in [-0.2, 0) is 41.7 Å². The van der Waals surface area contributed by atoms with Gasteiger partial charge in [-0.2, -0.15) is 0 Å². The number of carbonyl (C=O) groups excluding carboxylic acids is 3. The van der Waals surface area contributed by atoms with Crippen molar-refractivity contribution in [2.75, 3.05) is 40.4 Å². The Balaban J connectivity index is 0.000000258. The molecule has 2 saturated heterocycles. The number of ether oxygens (including phenoxy) is 2. The van der Waals surface area contributed by atoms with Gasteiger partial charge in [0.2, 0.25) is 5.91 Å². The molecular formula is C65H82F4N8O9. The summed E-state index contributed by atoms with van der Waals surface area (Å²) in [4.78, 5) is 85.8. The van der Waals surface area contributed by atoms with Crippen LogP contribution in [0.1, 0.15) is 129 Å². The van der Waals surface area contributed by atoms with Crippen molar-refractivity contribution >= 4 is 23.8 Å². The van der Waals surface area contributed by atoms with Crippen LogP contribution in [0.4, 0.5) is 17.6 Å². The van der Waals surface area contributed by atoms with E-state index in [2.05, 4.69) is 46.0 Å². The number of nitrogens with one attached hydrogen (secondary N) is 1. The smallest absolute Gasteiger partial charge is 0.326 e. The number of aryl methyl sites for hydroxylation is 4. The Kier molecular flexibility index (Phi) is 24.4. The summed E-state index contributed by atoms with van der Waals surface area (Å²) in [5, 5.41) is 12.3. The van der Waals surface area contributed by atoms with Crippen molar-refractivity contribution in [2.45, 2.75) is 138 Å². The first-order chi connectivity index (χ1) is 40.1. The zero-order chi connectivity index (χ0) is 62.5.